The second kappa shape index (κ2) is 2.65. The number of aryl methyl sites for hydroxylation is 2. The lowest BCUT2D eigenvalue weighted by Crippen LogP contribution is -1.90. The first kappa shape index (κ1) is 7.91. The third kappa shape index (κ3) is 1.20. The van der Waals surface area contributed by atoms with E-state index in [2.05, 4.69) is 4.98 Å². The van der Waals surface area contributed by atoms with E-state index in [9.17, 15) is 5.21 Å². The molecule has 0 spiro atoms. The standard InChI is InChI=1S/C9H10N2O2/c1-6-5-8(13-7(6)2)9-10-3-4-11(9)12/h3-5,12H,1-2H3. The molecule has 0 aliphatic rings. The molecular weight excluding hydrogens is 168 g/mol. The lowest BCUT2D eigenvalue weighted by atomic mass is 10.3. The van der Waals surface area contributed by atoms with Crippen LogP contribution in [0.3, 0.4) is 0 Å². The molecule has 4 heteroatoms. The topological polar surface area (TPSA) is 51.2 Å². The van der Waals surface area contributed by atoms with Crippen molar-refractivity contribution in [1.82, 2.24) is 9.71 Å². The Labute approximate surface area is 75.4 Å². The number of rotatable bonds is 1. The van der Waals surface area contributed by atoms with Gasteiger partial charge < -0.3 is 9.62 Å². The summed E-state index contributed by atoms with van der Waals surface area (Å²) in [4.78, 5) is 3.96. The summed E-state index contributed by atoms with van der Waals surface area (Å²) in [5.74, 6) is 1.86. The van der Waals surface area contributed by atoms with Crippen LogP contribution >= 0.6 is 0 Å². The Balaban J connectivity index is 2.53. The van der Waals surface area contributed by atoms with Crippen LogP contribution in [0.15, 0.2) is 22.9 Å². The normalized spacial score (nSPS) is 10.6. The van der Waals surface area contributed by atoms with E-state index in [1.54, 1.807) is 0 Å². The first-order valence-corrected chi connectivity index (χ1v) is 3.98. The molecule has 68 valence electrons. The molecule has 0 aliphatic carbocycles. The molecule has 0 radical (unpaired) electrons. The van der Waals surface area contributed by atoms with Gasteiger partial charge in [-0.2, -0.15) is 4.73 Å². The zero-order chi connectivity index (χ0) is 9.42. The van der Waals surface area contributed by atoms with E-state index in [0.717, 1.165) is 16.1 Å². The Morgan fingerprint density at radius 1 is 1.46 bits per heavy atom. The largest absolute Gasteiger partial charge is 0.458 e. The van der Waals surface area contributed by atoms with Crippen LogP contribution in [-0.4, -0.2) is 14.9 Å². The molecule has 0 atom stereocenters. The van der Waals surface area contributed by atoms with Crippen LogP contribution in [0.5, 0.6) is 0 Å². The minimum Gasteiger partial charge on any atom is -0.458 e. The highest BCUT2D eigenvalue weighted by molar-refractivity contribution is 5.49. The zero-order valence-corrected chi connectivity index (χ0v) is 7.48. The fourth-order valence-electron chi connectivity index (χ4n) is 1.16. The van der Waals surface area contributed by atoms with E-state index in [-0.39, 0.29) is 0 Å². The zero-order valence-electron chi connectivity index (χ0n) is 7.48. The van der Waals surface area contributed by atoms with Crippen LogP contribution in [0.1, 0.15) is 11.3 Å². The Bertz CT molecular complexity index is 409. The Morgan fingerprint density at radius 3 is 2.69 bits per heavy atom. The summed E-state index contributed by atoms with van der Waals surface area (Å²) in [7, 11) is 0. The van der Waals surface area contributed by atoms with Crippen molar-refractivity contribution in [1.29, 1.82) is 0 Å². The van der Waals surface area contributed by atoms with Gasteiger partial charge in [-0.3, -0.25) is 0 Å². The molecule has 4 nitrogen and oxygen atoms in total. The van der Waals surface area contributed by atoms with Gasteiger partial charge in [-0.05, 0) is 25.5 Å². The number of furan rings is 1. The van der Waals surface area contributed by atoms with E-state index < -0.39 is 0 Å². The molecule has 0 saturated carbocycles. The summed E-state index contributed by atoms with van der Waals surface area (Å²) >= 11 is 0. The van der Waals surface area contributed by atoms with Gasteiger partial charge in [0.05, 0.1) is 6.20 Å². The first-order valence-electron chi connectivity index (χ1n) is 3.98. The fourth-order valence-corrected chi connectivity index (χ4v) is 1.16. The maximum atomic E-state index is 9.30. The average Bonchev–Trinajstić information content (AvgIpc) is 2.60. The molecule has 2 rings (SSSR count). The average molecular weight is 178 g/mol. The van der Waals surface area contributed by atoms with E-state index in [4.69, 9.17) is 4.42 Å². The summed E-state index contributed by atoms with van der Waals surface area (Å²) in [6, 6.07) is 1.85. The third-order valence-corrected chi connectivity index (χ3v) is 2.01. The Kier molecular flexibility index (Phi) is 1.62. The molecule has 2 aromatic heterocycles. The third-order valence-electron chi connectivity index (χ3n) is 2.01. The van der Waals surface area contributed by atoms with Gasteiger partial charge >= 0.3 is 0 Å². The van der Waals surface area contributed by atoms with Crippen molar-refractivity contribution in [3.8, 4) is 11.6 Å². The molecule has 0 unspecified atom stereocenters. The van der Waals surface area contributed by atoms with E-state index >= 15 is 0 Å². The predicted molar refractivity (Wildman–Crippen MR) is 46.6 cm³/mol. The van der Waals surface area contributed by atoms with Crippen LogP contribution in [0.2, 0.25) is 0 Å². The maximum absolute atomic E-state index is 9.30. The predicted octanol–water partition coefficient (Wildman–Crippen LogP) is 2.00. The second-order valence-corrected chi connectivity index (χ2v) is 2.95. The maximum Gasteiger partial charge on any atom is 0.211 e. The van der Waals surface area contributed by atoms with Gasteiger partial charge in [-0.25, -0.2) is 4.98 Å². The quantitative estimate of drug-likeness (QED) is 0.679. The number of aromatic nitrogens is 2. The number of hydrogen-bond donors (Lipinski definition) is 1. The molecular formula is C9H10N2O2. The van der Waals surface area contributed by atoms with Crippen LogP contribution < -0.4 is 0 Å². The number of nitrogens with zero attached hydrogens (tertiary/aromatic N) is 2. The van der Waals surface area contributed by atoms with E-state index in [1.807, 2.05) is 19.9 Å². The van der Waals surface area contributed by atoms with Gasteiger partial charge in [0.2, 0.25) is 5.82 Å². The fraction of sp³-hybridized carbons (Fsp3) is 0.222. The van der Waals surface area contributed by atoms with Crippen molar-refractivity contribution < 1.29 is 9.62 Å². The van der Waals surface area contributed by atoms with Crippen LogP contribution in [0.25, 0.3) is 11.6 Å². The van der Waals surface area contributed by atoms with Crippen molar-refractivity contribution in [2.75, 3.05) is 0 Å². The van der Waals surface area contributed by atoms with Crippen LogP contribution in [-0.2, 0) is 0 Å². The summed E-state index contributed by atoms with van der Waals surface area (Å²) in [6.45, 7) is 3.83. The van der Waals surface area contributed by atoms with Crippen molar-refractivity contribution in [3.63, 3.8) is 0 Å². The summed E-state index contributed by atoms with van der Waals surface area (Å²) in [5, 5.41) is 9.30. The minimum atomic E-state index is 0.427. The lowest BCUT2D eigenvalue weighted by Gasteiger charge is -1.94. The molecule has 0 saturated heterocycles. The molecule has 2 aromatic rings. The van der Waals surface area contributed by atoms with Crippen molar-refractivity contribution >= 4 is 0 Å². The van der Waals surface area contributed by atoms with Gasteiger partial charge in [0.1, 0.15) is 5.76 Å². The highest BCUT2D eigenvalue weighted by Gasteiger charge is 2.10. The first-order chi connectivity index (χ1) is 6.18. The number of imidazole rings is 1. The Morgan fingerprint density at radius 2 is 2.23 bits per heavy atom. The van der Waals surface area contributed by atoms with Gasteiger partial charge in [0.15, 0.2) is 5.76 Å². The van der Waals surface area contributed by atoms with Crippen molar-refractivity contribution in [2.45, 2.75) is 13.8 Å². The van der Waals surface area contributed by atoms with Gasteiger partial charge in [-0.1, -0.05) is 0 Å². The van der Waals surface area contributed by atoms with E-state index in [0.29, 0.717) is 11.6 Å². The Hall–Kier alpha value is -1.71. The number of hydrogen-bond acceptors (Lipinski definition) is 3. The summed E-state index contributed by atoms with van der Waals surface area (Å²) < 4.78 is 6.34. The highest BCUT2D eigenvalue weighted by Crippen LogP contribution is 2.22. The smallest absolute Gasteiger partial charge is 0.211 e. The molecule has 2 heterocycles. The lowest BCUT2D eigenvalue weighted by molar-refractivity contribution is 0.189. The van der Waals surface area contributed by atoms with Gasteiger partial charge in [0, 0.05) is 6.20 Å². The van der Waals surface area contributed by atoms with Crippen LogP contribution in [0, 0.1) is 13.8 Å². The second-order valence-electron chi connectivity index (χ2n) is 2.95. The molecule has 0 bridgehead atoms. The SMILES string of the molecule is Cc1cc(-c2nccn2O)oc1C. The van der Waals surface area contributed by atoms with Crippen LogP contribution in [0.4, 0.5) is 0 Å². The molecule has 1 N–H and O–H groups in total. The van der Waals surface area contributed by atoms with Crippen molar-refractivity contribution in [2.24, 2.45) is 0 Å². The summed E-state index contributed by atoms with van der Waals surface area (Å²) in [5.41, 5.74) is 1.05. The molecule has 0 fully saturated rings. The van der Waals surface area contributed by atoms with E-state index in [1.165, 1.54) is 12.4 Å². The molecule has 0 aromatic carbocycles. The van der Waals surface area contributed by atoms with Gasteiger partial charge in [-0.15, -0.1) is 0 Å². The molecule has 0 aliphatic heterocycles. The molecule has 13 heavy (non-hydrogen) atoms. The minimum absolute atomic E-state index is 0.427. The monoisotopic (exact) mass is 178 g/mol. The molecule has 0 amide bonds. The summed E-state index contributed by atoms with van der Waals surface area (Å²) in [6.07, 6.45) is 2.98. The van der Waals surface area contributed by atoms with Crippen molar-refractivity contribution in [3.05, 3.63) is 29.8 Å². The van der Waals surface area contributed by atoms with Gasteiger partial charge in [0.25, 0.3) is 0 Å². The highest BCUT2D eigenvalue weighted by atomic mass is 16.5.